The summed E-state index contributed by atoms with van der Waals surface area (Å²) in [6.07, 6.45) is -5.47. The summed E-state index contributed by atoms with van der Waals surface area (Å²) < 4.78 is 36.5. The van der Waals surface area contributed by atoms with Crippen LogP contribution in [0.25, 0.3) is 10.9 Å². The molecule has 112 valence electrons. The lowest BCUT2D eigenvalue weighted by atomic mass is 10.1. The van der Waals surface area contributed by atoms with Crippen molar-refractivity contribution in [1.29, 1.82) is 0 Å². The van der Waals surface area contributed by atoms with Crippen LogP contribution in [-0.2, 0) is 16.0 Å². The van der Waals surface area contributed by atoms with Crippen LogP contribution in [0.3, 0.4) is 0 Å². The summed E-state index contributed by atoms with van der Waals surface area (Å²) in [5.41, 5.74) is 0.888. The van der Waals surface area contributed by atoms with Crippen molar-refractivity contribution in [2.75, 3.05) is 0 Å². The minimum absolute atomic E-state index is 0.334. The number of benzene rings is 1. The number of aromatic amines is 1. The number of alkyl halides is 3. The maximum absolute atomic E-state index is 12.2. The minimum Gasteiger partial charge on any atom is -0.480 e. The van der Waals surface area contributed by atoms with E-state index in [-0.39, 0.29) is 6.42 Å². The van der Waals surface area contributed by atoms with Gasteiger partial charge < -0.3 is 10.4 Å². The maximum Gasteiger partial charge on any atom is 0.471 e. The molecule has 1 aromatic carbocycles. The number of carboxylic acid groups (broad SMARTS) is 1. The second kappa shape index (κ2) is 5.43. The SMILES string of the molecule is O=C(O)C(Cc1[nH]nc2ccccc12)NC(=O)C(F)(F)F. The first kappa shape index (κ1) is 14.8. The number of carbonyl (C=O) groups is 2. The standard InChI is InChI=1S/C12H10F3N3O3/c13-12(14,15)11(21)16-9(10(19)20)5-8-6-3-1-2-4-7(6)17-18-8/h1-4,9H,5H2,(H,16,21)(H,17,18)(H,19,20). The number of amides is 1. The molecule has 1 amide bonds. The first-order valence-electron chi connectivity index (χ1n) is 5.81. The number of nitrogens with one attached hydrogen (secondary N) is 2. The van der Waals surface area contributed by atoms with Crippen LogP contribution in [0.2, 0.25) is 0 Å². The predicted octanol–water partition coefficient (Wildman–Crippen LogP) is 1.24. The molecule has 2 rings (SSSR count). The molecule has 3 N–H and O–H groups in total. The largest absolute Gasteiger partial charge is 0.480 e. The number of para-hydroxylation sites is 1. The fourth-order valence-electron chi connectivity index (χ4n) is 1.81. The second-order valence-electron chi connectivity index (χ2n) is 4.29. The van der Waals surface area contributed by atoms with Gasteiger partial charge in [-0.3, -0.25) is 9.89 Å². The topological polar surface area (TPSA) is 95.1 Å². The van der Waals surface area contributed by atoms with E-state index in [0.717, 1.165) is 0 Å². The van der Waals surface area contributed by atoms with Gasteiger partial charge in [-0.05, 0) is 6.07 Å². The molecule has 1 heterocycles. The van der Waals surface area contributed by atoms with Crippen molar-refractivity contribution in [2.45, 2.75) is 18.6 Å². The molecule has 0 radical (unpaired) electrons. The zero-order valence-corrected chi connectivity index (χ0v) is 10.4. The highest BCUT2D eigenvalue weighted by atomic mass is 19.4. The number of carboxylic acids is 1. The van der Waals surface area contributed by atoms with Crippen LogP contribution in [0.1, 0.15) is 5.69 Å². The number of fused-ring (bicyclic) bond motifs is 1. The van der Waals surface area contributed by atoms with Crippen LogP contribution in [0.4, 0.5) is 13.2 Å². The molecule has 21 heavy (non-hydrogen) atoms. The van der Waals surface area contributed by atoms with Crippen molar-refractivity contribution in [3.8, 4) is 0 Å². The lowest BCUT2D eigenvalue weighted by Crippen LogP contribution is -2.47. The molecule has 0 fully saturated rings. The number of hydrogen-bond donors (Lipinski definition) is 3. The molecule has 0 bridgehead atoms. The predicted molar refractivity (Wildman–Crippen MR) is 65.4 cm³/mol. The Morgan fingerprint density at radius 2 is 2.00 bits per heavy atom. The number of halogens is 3. The van der Waals surface area contributed by atoms with E-state index in [0.29, 0.717) is 16.6 Å². The number of rotatable bonds is 4. The van der Waals surface area contributed by atoms with E-state index in [1.54, 1.807) is 24.3 Å². The summed E-state index contributed by atoms with van der Waals surface area (Å²) in [5, 5.41) is 17.4. The van der Waals surface area contributed by atoms with Gasteiger partial charge in [-0.25, -0.2) is 4.79 Å². The summed E-state index contributed by atoms with van der Waals surface area (Å²) in [6, 6.07) is 5.01. The Morgan fingerprint density at radius 3 is 2.62 bits per heavy atom. The van der Waals surface area contributed by atoms with Crippen molar-refractivity contribution in [1.82, 2.24) is 15.5 Å². The summed E-state index contributed by atoms with van der Waals surface area (Å²) in [5.74, 6) is -3.86. The van der Waals surface area contributed by atoms with Crippen molar-refractivity contribution in [3.05, 3.63) is 30.0 Å². The Balaban J connectivity index is 2.21. The van der Waals surface area contributed by atoms with E-state index >= 15 is 0 Å². The number of carbonyl (C=O) groups excluding carboxylic acids is 1. The highest BCUT2D eigenvalue weighted by Gasteiger charge is 2.41. The third kappa shape index (κ3) is 3.30. The van der Waals surface area contributed by atoms with Gasteiger partial charge in [0.15, 0.2) is 0 Å². The Labute approximate surface area is 115 Å². The first-order chi connectivity index (χ1) is 9.79. The number of aliphatic carboxylic acids is 1. The molecule has 9 heteroatoms. The first-order valence-corrected chi connectivity index (χ1v) is 5.81. The molecule has 1 atom stereocenters. The van der Waals surface area contributed by atoms with Gasteiger partial charge in [-0.2, -0.15) is 18.3 Å². The number of nitrogens with zero attached hydrogens (tertiary/aromatic N) is 1. The molecular formula is C12H10F3N3O3. The van der Waals surface area contributed by atoms with E-state index < -0.39 is 24.1 Å². The Morgan fingerprint density at radius 1 is 1.33 bits per heavy atom. The fourth-order valence-corrected chi connectivity index (χ4v) is 1.81. The minimum atomic E-state index is -5.14. The Kier molecular flexibility index (Phi) is 3.83. The molecule has 1 unspecified atom stereocenters. The number of aromatic nitrogens is 2. The van der Waals surface area contributed by atoms with Gasteiger partial charge in [0, 0.05) is 17.5 Å². The molecule has 0 aliphatic carbocycles. The monoisotopic (exact) mass is 301 g/mol. The van der Waals surface area contributed by atoms with E-state index in [1.807, 2.05) is 0 Å². The Hall–Kier alpha value is -2.58. The molecule has 0 saturated carbocycles. The van der Waals surface area contributed by atoms with Crippen molar-refractivity contribution in [2.24, 2.45) is 0 Å². The van der Waals surface area contributed by atoms with Crippen molar-refractivity contribution >= 4 is 22.8 Å². The average molecular weight is 301 g/mol. The third-order valence-electron chi connectivity index (χ3n) is 2.81. The summed E-state index contributed by atoms with van der Waals surface area (Å²) in [6.45, 7) is 0. The van der Waals surface area contributed by atoms with Crippen LogP contribution < -0.4 is 5.32 Å². The molecule has 6 nitrogen and oxygen atoms in total. The van der Waals surface area contributed by atoms with Crippen LogP contribution in [-0.4, -0.2) is 39.4 Å². The van der Waals surface area contributed by atoms with Crippen LogP contribution in [0, 0.1) is 0 Å². The van der Waals surface area contributed by atoms with E-state index in [9.17, 15) is 22.8 Å². The highest BCUT2D eigenvalue weighted by molar-refractivity contribution is 5.88. The van der Waals surface area contributed by atoms with Crippen LogP contribution in [0.5, 0.6) is 0 Å². The summed E-state index contributed by atoms with van der Waals surface area (Å²) in [7, 11) is 0. The Bertz CT molecular complexity index is 681. The molecule has 1 aromatic heterocycles. The van der Waals surface area contributed by atoms with Gasteiger partial charge in [0.2, 0.25) is 0 Å². The van der Waals surface area contributed by atoms with Crippen LogP contribution >= 0.6 is 0 Å². The maximum atomic E-state index is 12.2. The average Bonchev–Trinajstić information content (AvgIpc) is 2.80. The number of H-pyrrole nitrogens is 1. The molecular weight excluding hydrogens is 291 g/mol. The highest BCUT2D eigenvalue weighted by Crippen LogP contribution is 2.18. The van der Waals surface area contributed by atoms with E-state index in [1.165, 1.54) is 5.32 Å². The molecule has 0 aliphatic heterocycles. The molecule has 0 saturated heterocycles. The molecule has 0 aliphatic rings. The van der Waals surface area contributed by atoms with E-state index in [4.69, 9.17) is 5.11 Å². The van der Waals surface area contributed by atoms with Gasteiger partial charge >= 0.3 is 18.1 Å². The molecule has 2 aromatic rings. The normalized spacial score (nSPS) is 13.1. The summed E-state index contributed by atoms with van der Waals surface area (Å²) >= 11 is 0. The zero-order chi connectivity index (χ0) is 15.6. The lowest BCUT2D eigenvalue weighted by Gasteiger charge is -2.15. The van der Waals surface area contributed by atoms with Crippen molar-refractivity contribution < 1.29 is 27.9 Å². The molecule has 0 spiro atoms. The fraction of sp³-hybridized carbons (Fsp3) is 0.250. The van der Waals surface area contributed by atoms with E-state index in [2.05, 4.69) is 10.2 Å². The second-order valence-corrected chi connectivity index (χ2v) is 4.29. The van der Waals surface area contributed by atoms with Crippen molar-refractivity contribution in [3.63, 3.8) is 0 Å². The van der Waals surface area contributed by atoms with Gasteiger partial charge in [0.1, 0.15) is 6.04 Å². The smallest absolute Gasteiger partial charge is 0.471 e. The van der Waals surface area contributed by atoms with Gasteiger partial charge in [0.25, 0.3) is 0 Å². The van der Waals surface area contributed by atoms with Gasteiger partial charge in [-0.1, -0.05) is 18.2 Å². The van der Waals surface area contributed by atoms with Gasteiger partial charge in [-0.15, -0.1) is 0 Å². The number of hydrogen-bond acceptors (Lipinski definition) is 3. The lowest BCUT2D eigenvalue weighted by molar-refractivity contribution is -0.175. The zero-order valence-electron chi connectivity index (χ0n) is 10.4. The van der Waals surface area contributed by atoms with Crippen LogP contribution in [0.15, 0.2) is 24.3 Å². The summed E-state index contributed by atoms with van der Waals surface area (Å²) in [4.78, 5) is 21.9. The van der Waals surface area contributed by atoms with Gasteiger partial charge in [0.05, 0.1) is 5.52 Å². The quantitative estimate of drug-likeness (QED) is 0.791. The third-order valence-corrected chi connectivity index (χ3v) is 2.81.